The zero-order chi connectivity index (χ0) is 11.4. The second-order valence-electron chi connectivity index (χ2n) is 3.52. The van der Waals surface area contributed by atoms with Crippen molar-refractivity contribution in [1.29, 1.82) is 0 Å². The van der Waals surface area contributed by atoms with E-state index in [2.05, 4.69) is 0 Å². The van der Waals surface area contributed by atoms with Crippen LogP contribution in [0, 0.1) is 16.0 Å². The Kier molecular flexibility index (Phi) is 2.96. The Morgan fingerprint density at radius 2 is 1.88 bits per heavy atom. The Labute approximate surface area is 93.6 Å². The molecule has 3 nitrogen and oxygen atoms in total. The number of allylic oxidation sites excluding steroid dienone is 5. The SMILES string of the molecule is O=[N+]([O-])c1ccccc1/C=C/C1C=CC=C1. The van der Waals surface area contributed by atoms with Crippen molar-refractivity contribution in [2.75, 3.05) is 0 Å². The fraction of sp³-hybridized carbons (Fsp3) is 0.0769. The quantitative estimate of drug-likeness (QED) is 0.570. The Bertz CT molecular complexity index is 474. The predicted molar refractivity (Wildman–Crippen MR) is 63.9 cm³/mol. The summed E-state index contributed by atoms with van der Waals surface area (Å²) < 4.78 is 0. The van der Waals surface area contributed by atoms with Gasteiger partial charge in [0.1, 0.15) is 0 Å². The monoisotopic (exact) mass is 213 g/mol. The van der Waals surface area contributed by atoms with Crippen molar-refractivity contribution in [2.24, 2.45) is 5.92 Å². The van der Waals surface area contributed by atoms with Crippen LogP contribution in [0.4, 0.5) is 5.69 Å². The van der Waals surface area contributed by atoms with Gasteiger partial charge >= 0.3 is 0 Å². The van der Waals surface area contributed by atoms with Crippen LogP contribution in [0.3, 0.4) is 0 Å². The Morgan fingerprint density at radius 1 is 1.19 bits per heavy atom. The summed E-state index contributed by atoms with van der Waals surface area (Å²) in [6.07, 6.45) is 11.7. The third kappa shape index (κ3) is 2.25. The van der Waals surface area contributed by atoms with Gasteiger partial charge in [-0.1, -0.05) is 48.6 Å². The number of hydrogen-bond donors (Lipinski definition) is 0. The maximum Gasteiger partial charge on any atom is 0.276 e. The summed E-state index contributed by atoms with van der Waals surface area (Å²) in [6.45, 7) is 0. The molecular weight excluding hydrogens is 202 g/mol. The number of hydrogen-bond acceptors (Lipinski definition) is 2. The molecular formula is C13H11NO2. The zero-order valence-electron chi connectivity index (χ0n) is 8.61. The number of benzene rings is 1. The van der Waals surface area contributed by atoms with Crippen molar-refractivity contribution in [1.82, 2.24) is 0 Å². The van der Waals surface area contributed by atoms with Gasteiger partial charge < -0.3 is 0 Å². The lowest BCUT2D eigenvalue weighted by atomic mass is 10.1. The molecule has 0 heterocycles. The molecule has 3 heteroatoms. The molecule has 0 unspecified atom stereocenters. The van der Waals surface area contributed by atoms with E-state index in [0.29, 0.717) is 5.56 Å². The van der Waals surface area contributed by atoms with E-state index in [-0.39, 0.29) is 16.5 Å². The van der Waals surface area contributed by atoms with Crippen molar-refractivity contribution in [3.8, 4) is 0 Å². The molecule has 0 saturated heterocycles. The lowest BCUT2D eigenvalue weighted by Crippen LogP contribution is -1.91. The summed E-state index contributed by atoms with van der Waals surface area (Å²) in [6, 6.07) is 6.73. The van der Waals surface area contributed by atoms with Gasteiger partial charge in [-0.3, -0.25) is 10.1 Å². The minimum Gasteiger partial charge on any atom is -0.258 e. The molecule has 16 heavy (non-hydrogen) atoms. The highest BCUT2D eigenvalue weighted by Crippen LogP contribution is 2.20. The van der Waals surface area contributed by atoms with Crippen molar-refractivity contribution in [3.63, 3.8) is 0 Å². The maximum absolute atomic E-state index is 10.8. The molecule has 0 saturated carbocycles. The predicted octanol–water partition coefficient (Wildman–Crippen LogP) is 3.35. The highest BCUT2D eigenvalue weighted by Gasteiger charge is 2.09. The number of rotatable bonds is 3. The minimum atomic E-state index is -0.361. The summed E-state index contributed by atoms with van der Waals surface area (Å²) in [4.78, 5) is 10.4. The van der Waals surface area contributed by atoms with E-state index in [9.17, 15) is 10.1 Å². The molecule has 2 rings (SSSR count). The Hall–Kier alpha value is -2.16. The molecule has 1 aliphatic carbocycles. The number of nitro benzene ring substituents is 1. The van der Waals surface area contributed by atoms with Gasteiger partial charge in [-0.2, -0.15) is 0 Å². The van der Waals surface area contributed by atoms with Crippen LogP contribution in [0.5, 0.6) is 0 Å². The van der Waals surface area contributed by atoms with Gasteiger partial charge in [0.2, 0.25) is 0 Å². The zero-order valence-corrected chi connectivity index (χ0v) is 8.61. The first kappa shape index (κ1) is 10.4. The molecule has 1 aromatic carbocycles. The van der Waals surface area contributed by atoms with E-state index >= 15 is 0 Å². The van der Waals surface area contributed by atoms with Gasteiger partial charge in [0, 0.05) is 12.0 Å². The molecule has 1 aliphatic rings. The van der Waals surface area contributed by atoms with Gasteiger partial charge in [0.25, 0.3) is 5.69 Å². The first-order valence-electron chi connectivity index (χ1n) is 5.04. The van der Waals surface area contributed by atoms with Crippen LogP contribution in [0.2, 0.25) is 0 Å². The summed E-state index contributed by atoms with van der Waals surface area (Å²) in [5, 5.41) is 10.8. The number of nitrogens with zero attached hydrogens (tertiary/aromatic N) is 1. The van der Waals surface area contributed by atoms with Gasteiger partial charge in [-0.05, 0) is 6.07 Å². The Morgan fingerprint density at radius 3 is 2.56 bits per heavy atom. The smallest absolute Gasteiger partial charge is 0.258 e. The lowest BCUT2D eigenvalue weighted by Gasteiger charge is -1.98. The highest BCUT2D eigenvalue weighted by molar-refractivity contribution is 5.61. The second kappa shape index (κ2) is 4.57. The third-order valence-corrected chi connectivity index (χ3v) is 2.41. The van der Waals surface area contributed by atoms with Crippen LogP contribution < -0.4 is 0 Å². The highest BCUT2D eigenvalue weighted by atomic mass is 16.6. The van der Waals surface area contributed by atoms with E-state index in [1.54, 1.807) is 24.3 Å². The third-order valence-electron chi connectivity index (χ3n) is 2.41. The molecule has 0 fully saturated rings. The molecule has 0 amide bonds. The minimum absolute atomic E-state index is 0.143. The largest absolute Gasteiger partial charge is 0.276 e. The molecule has 0 atom stereocenters. The molecule has 80 valence electrons. The fourth-order valence-corrected chi connectivity index (χ4v) is 1.59. The molecule has 0 aliphatic heterocycles. The normalized spacial score (nSPS) is 15.0. The molecule has 0 aromatic heterocycles. The van der Waals surface area contributed by atoms with Crippen molar-refractivity contribution < 1.29 is 4.92 Å². The molecule has 0 spiro atoms. The summed E-state index contributed by atoms with van der Waals surface area (Å²) in [5.74, 6) is 0.250. The van der Waals surface area contributed by atoms with E-state index in [4.69, 9.17) is 0 Å². The van der Waals surface area contributed by atoms with E-state index in [1.807, 2.05) is 30.4 Å². The van der Waals surface area contributed by atoms with E-state index < -0.39 is 0 Å². The molecule has 0 N–H and O–H groups in total. The summed E-state index contributed by atoms with van der Waals surface area (Å²) in [7, 11) is 0. The van der Waals surface area contributed by atoms with Gasteiger partial charge in [0.05, 0.1) is 10.5 Å². The van der Waals surface area contributed by atoms with E-state index in [0.717, 1.165) is 0 Å². The summed E-state index contributed by atoms with van der Waals surface area (Å²) in [5.41, 5.74) is 0.783. The van der Waals surface area contributed by atoms with Crippen LogP contribution >= 0.6 is 0 Å². The first-order valence-corrected chi connectivity index (χ1v) is 5.04. The average molecular weight is 213 g/mol. The van der Waals surface area contributed by atoms with Crippen molar-refractivity contribution in [2.45, 2.75) is 0 Å². The van der Waals surface area contributed by atoms with Crippen LogP contribution in [-0.4, -0.2) is 4.92 Å². The molecule has 0 bridgehead atoms. The van der Waals surface area contributed by atoms with Crippen LogP contribution in [0.1, 0.15) is 5.56 Å². The van der Waals surface area contributed by atoms with Crippen LogP contribution in [0.15, 0.2) is 54.6 Å². The average Bonchev–Trinajstić information content (AvgIpc) is 2.79. The second-order valence-corrected chi connectivity index (χ2v) is 3.52. The number of nitro groups is 1. The number of para-hydroxylation sites is 1. The topological polar surface area (TPSA) is 43.1 Å². The van der Waals surface area contributed by atoms with Gasteiger partial charge in [0.15, 0.2) is 0 Å². The fourth-order valence-electron chi connectivity index (χ4n) is 1.59. The van der Waals surface area contributed by atoms with Crippen LogP contribution in [0.25, 0.3) is 6.08 Å². The van der Waals surface area contributed by atoms with Crippen LogP contribution in [-0.2, 0) is 0 Å². The summed E-state index contributed by atoms with van der Waals surface area (Å²) >= 11 is 0. The van der Waals surface area contributed by atoms with E-state index in [1.165, 1.54) is 6.07 Å². The lowest BCUT2D eigenvalue weighted by molar-refractivity contribution is -0.385. The Balaban J connectivity index is 2.23. The van der Waals surface area contributed by atoms with Gasteiger partial charge in [-0.15, -0.1) is 0 Å². The van der Waals surface area contributed by atoms with Crippen molar-refractivity contribution in [3.05, 3.63) is 70.3 Å². The first-order chi connectivity index (χ1) is 7.77. The standard InChI is InChI=1S/C13H11NO2/c15-14(16)13-8-4-3-7-12(13)10-9-11-5-1-2-6-11/h1-11H/b10-9+. The van der Waals surface area contributed by atoms with Crippen molar-refractivity contribution >= 4 is 11.8 Å². The van der Waals surface area contributed by atoms with Gasteiger partial charge in [-0.25, -0.2) is 0 Å². The molecule has 0 radical (unpaired) electrons. The molecule has 1 aromatic rings. The maximum atomic E-state index is 10.8.